The van der Waals surface area contributed by atoms with Gasteiger partial charge in [-0.1, -0.05) is 58.5 Å². The number of benzene rings is 1. The quantitative estimate of drug-likeness (QED) is 0.736. The molecule has 0 aliphatic carbocycles. The zero-order valence-electron chi connectivity index (χ0n) is 8.73. The predicted octanol–water partition coefficient (Wildman–Crippen LogP) is 5.26. The summed E-state index contributed by atoms with van der Waals surface area (Å²) in [7, 11) is 0. The third-order valence-corrected chi connectivity index (χ3v) is 3.83. The van der Waals surface area contributed by atoms with E-state index in [1.165, 1.54) is 0 Å². The van der Waals surface area contributed by atoms with Crippen molar-refractivity contribution in [2.24, 2.45) is 0 Å². The van der Waals surface area contributed by atoms with Crippen molar-refractivity contribution >= 4 is 50.0 Å². The first-order chi connectivity index (χ1) is 7.63. The number of fused-ring (bicyclic) bond motifs is 1. The Morgan fingerprint density at radius 1 is 1.31 bits per heavy atom. The summed E-state index contributed by atoms with van der Waals surface area (Å²) in [5.74, 6) is 0. The van der Waals surface area contributed by atoms with E-state index in [-0.39, 0.29) is 0 Å². The Labute approximate surface area is 113 Å². The van der Waals surface area contributed by atoms with E-state index >= 15 is 0 Å². The van der Waals surface area contributed by atoms with E-state index in [1.54, 1.807) is 6.07 Å². The summed E-state index contributed by atoms with van der Waals surface area (Å²) >= 11 is 15.7. The van der Waals surface area contributed by atoms with Crippen LogP contribution in [0.1, 0.15) is 19.0 Å². The number of aromatic nitrogens is 1. The summed E-state index contributed by atoms with van der Waals surface area (Å²) in [6.45, 7) is 2.12. The highest BCUT2D eigenvalue weighted by molar-refractivity contribution is 9.10. The van der Waals surface area contributed by atoms with Gasteiger partial charge in [0.05, 0.1) is 15.6 Å². The fraction of sp³-hybridized carbons (Fsp3) is 0.250. The molecule has 1 aromatic heterocycles. The Morgan fingerprint density at radius 2 is 2.06 bits per heavy atom. The lowest BCUT2D eigenvalue weighted by Crippen LogP contribution is -1.92. The number of aryl methyl sites for hydroxylation is 1. The Bertz CT molecular complexity index is 540. The van der Waals surface area contributed by atoms with Crippen LogP contribution in [0.2, 0.25) is 10.0 Å². The average molecular weight is 319 g/mol. The molecule has 84 valence electrons. The van der Waals surface area contributed by atoms with Gasteiger partial charge in [-0.2, -0.15) is 0 Å². The fourth-order valence-corrected chi connectivity index (χ4v) is 2.57. The molecule has 0 bridgehead atoms. The van der Waals surface area contributed by atoms with Crippen molar-refractivity contribution in [1.82, 2.24) is 4.98 Å². The van der Waals surface area contributed by atoms with Crippen molar-refractivity contribution in [3.63, 3.8) is 0 Å². The van der Waals surface area contributed by atoms with Crippen LogP contribution in [0, 0.1) is 0 Å². The second-order valence-corrected chi connectivity index (χ2v) is 5.24. The first-order valence-electron chi connectivity index (χ1n) is 5.06. The molecule has 0 N–H and O–H groups in total. The summed E-state index contributed by atoms with van der Waals surface area (Å²) in [5.41, 5.74) is 1.80. The maximum Gasteiger partial charge on any atom is 0.0918 e. The maximum atomic E-state index is 6.15. The van der Waals surface area contributed by atoms with E-state index in [2.05, 4.69) is 27.8 Å². The zero-order chi connectivity index (χ0) is 11.7. The molecule has 0 radical (unpaired) electrons. The van der Waals surface area contributed by atoms with Gasteiger partial charge in [0, 0.05) is 15.6 Å². The van der Waals surface area contributed by atoms with Gasteiger partial charge < -0.3 is 0 Å². The highest BCUT2D eigenvalue weighted by Crippen LogP contribution is 2.33. The van der Waals surface area contributed by atoms with Crippen LogP contribution in [-0.4, -0.2) is 4.98 Å². The van der Waals surface area contributed by atoms with Crippen molar-refractivity contribution in [3.05, 3.63) is 38.4 Å². The monoisotopic (exact) mass is 317 g/mol. The number of nitrogens with zero attached hydrogens (tertiary/aromatic N) is 1. The second-order valence-electron chi connectivity index (χ2n) is 3.60. The molecule has 0 atom stereocenters. The van der Waals surface area contributed by atoms with Crippen molar-refractivity contribution < 1.29 is 0 Å². The molecule has 0 fully saturated rings. The molecule has 0 aliphatic heterocycles. The van der Waals surface area contributed by atoms with Gasteiger partial charge in [0.15, 0.2) is 0 Å². The van der Waals surface area contributed by atoms with Crippen LogP contribution in [0.4, 0.5) is 0 Å². The molecule has 1 nitrogen and oxygen atoms in total. The largest absolute Gasteiger partial charge is 0.251 e. The van der Waals surface area contributed by atoms with Crippen LogP contribution in [0.5, 0.6) is 0 Å². The normalized spacial score (nSPS) is 11.0. The Morgan fingerprint density at radius 3 is 2.75 bits per heavy atom. The third kappa shape index (κ3) is 2.20. The number of halogens is 3. The van der Waals surface area contributed by atoms with Crippen molar-refractivity contribution in [2.45, 2.75) is 19.8 Å². The van der Waals surface area contributed by atoms with E-state index in [9.17, 15) is 0 Å². The van der Waals surface area contributed by atoms with E-state index in [0.717, 1.165) is 33.9 Å². The number of hydrogen-bond acceptors (Lipinski definition) is 1. The smallest absolute Gasteiger partial charge is 0.0918 e. The van der Waals surface area contributed by atoms with Gasteiger partial charge in [-0.05, 0) is 18.6 Å². The Balaban J connectivity index is 2.73. The topological polar surface area (TPSA) is 12.9 Å². The average Bonchev–Trinajstić information content (AvgIpc) is 2.25. The van der Waals surface area contributed by atoms with Gasteiger partial charge in [0.25, 0.3) is 0 Å². The van der Waals surface area contributed by atoms with Crippen LogP contribution < -0.4 is 0 Å². The molecule has 16 heavy (non-hydrogen) atoms. The molecule has 4 heteroatoms. The highest BCUT2D eigenvalue weighted by Gasteiger charge is 2.09. The fourth-order valence-electron chi connectivity index (χ4n) is 1.63. The van der Waals surface area contributed by atoms with Crippen molar-refractivity contribution in [3.8, 4) is 0 Å². The molecule has 0 unspecified atom stereocenters. The molecule has 2 aromatic rings. The lowest BCUT2D eigenvalue weighted by Gasteiger charge is -2.07. The second kappa shape index (κ2) is 4.91. The summed E-state index contributed by atoms with van der Waals surface area (Å²) in [6, 6.07) is 5.75. The van der Waals surface area contributed by atoms with Crippen LogP contribution in [0.15, 0.2) is 22.7 Å². The van der Waals surface area contributed by atoms with E-state index in [1.807, 2.05) is 12.1 Å². The first kappa shape index (κ1) is 12.2. The Kier molecular flexibility index (Phi) is 3.73. The summed E-state index contributed by atoms with van der Waals surface area (Å²) in [6.07, 6.45) is 2.00. The lowest BCUT2D eigenvalue weighted by molar-refractivity contribution is 0.889. The predicted molar refractivity (Wildman–Crippen MR) is 73.5 cm³/mol. The van der Waals surface area contributed by atoms with Gasteiger partial charge in [-0.15, -0.1) is 0 Å². The summed E-state index contributed by atoms with van der Waals surface area (Å²) < 4.78 is 1.01. The first-order valence-corrected chi connectivity index (χ1v) is 6.61. The minimum absolute atomic E-state index is 0.526. The molecule has 0 saturated heterocycles. The summed E-state index contributed by atoms with van der Waals surface area (Å²) in [5, 5.41) is 2.06. The molecule has 1 heterocycles. The lowest BCUT2D eigenvalue weighted by atomic mass is 10.1. The van der Waals surface area contributed by atoms with E-state index in [0.29, 0.717) is 10.0 Å². The van der Waals surface area contributed by atoms with Crippen LogP contribution in [0.25, 0.3) is 10.9 Å². The maximum absolute atomic E-state index is 6.15. The molecule has 2 rings (SSSR count). The standard InChI is InChI=1S/C12H10BrCl2N/c1-2-3-7-6-9(13)8-4-5-10(14)11(15)12(8)16-7/h4-6H,2-3H2,1H3. The minimum Gasteiger partial charge on any atom is -0.251 e. The van der Waals surface area contributed by atoms with E-state index < -0.39 is 0 Å². The highest BCUT2D eigenvalue weighted by atomic mass is 79.9. The van der Waals surface area contributed by atoms with Gasteiger partial charge in [0.2, 0.25) is 0 Å². The van der Waals surface area contributed by atoms with Gasteiger partial charge in [-0.3, -0.25) is 4.98 Å². The minimum atomic E-state index is 0.526. The van der Waals surface area contributed by atoms with Gasteiger partial charge in [0.1, 0.15) is 0 Å². The molecular formula is C12H10BrCl2N. The van der Waals surface area contributed by atoms with E-state index in [4.69, 9.17) is 23.2 Å². The SMILES string of the molecule is CCCc1cc(Br)c2ccc(Cl)c(Cl)c2n1. The molecule has 0 amide bonds. The molecule has 1 aromatic carbocycles. The van der Waals surface area contributed by atoms with Crippen molar-refractivity contribution in [2.75, 3.05) is 0 Å². The van der Waals surface area contributed by atoms with Crippen LogP contribution >= 0.6 is 39.1 Å². The number of pyridine rings is 1. The Hall–Kier alpha value is -0.310. The number of hydrogen-bond donors (Lipinski definition) is 0. The van der Waals surface area contributed by atoms with Crippen molar-refractivity contribution in [1.29, 1.82) is 0 Å². The van der Waals surface area contributed by atoms with Gasteiger partial charge in [-0.25, -0.2) is 0 Å². The number of rotatable bonds is 2. The zero-order valence-corrected chi connectivity index (χ0v) is 11.8. The summed E-state index contributed by atoms with van der Waals surface area (Å²) in [4.78, 5) is 4.54. The van der Waals surface area contributed by atoms with Crippen LogP contribution in [0.3, 0.4) is 0 Å². The van der Waals surface area contributed by atoms with Gasteiger partial charge >= 0.3 is 0 Å². The molecular weight excluding hydrogens is 309 g/mol. The third-order valence-electron chi connectivity index (χ3n) is 2.38. The molecule has 0 saturated carbocycles. The molecule has 0 aliphatic rings. The van der Waals surface area contributed by atoms with Crippen LogP contribution in [-0.2, 0) is 6.42 Å². The molecule has 0 spiro atoms.